The number of rotatable bonds is 8. The molecule has 6 nitrogen and oxygen atoms in total. The summed E-state index contributed by atoms with van der Waals surface area (Å²) in [6.45, 7) is 5.25. The number of alkyl halides is 3. The highest BCUT2D eigenvalue weighted by Gasteiger charge is 2.48. The third-order valence-corrected chi connectivity index (χ3v) is 11.5. The van der Waals surface area contributed by atoms with Crippen molar-refractivity contribution in [1.82, 2.24) is 4.57 Å². The zero-order valence-corrected chi connectivity index (χ0v) is 34.1. The van der Waals surface area contributed by atoms with Crippen molar-refractivity contribution in [2.24, 2.45) is 0 Å². The van der Waals surface area contributed by atoms with Gasteiger partial charge in [-0.1, -0.05) is 109 Å². The minimum atomic E-state index is -5.84. The number of nitrogens with zero attached hydrogens (tertiary/aromatic N) is 2. The third kappa shape index (κ3) is 7.35. The first kappa shape index (κ1) is 39.9. The first-order chi connectivity index (χ1) is 30.0. The molecule has 0 aliphatic carbocycles. The molecule has 0 saturated carbocycles. The van der Waals surface area contributed by atoms with Gasteiger partial charge in [0.2, 0.25) is 0 Å². The molecule has 10 aromatic rings. The fraction of sp³-hybridized carbons (Fsp3) is 0.0385. The van der Waals surface area contributed by atoms with Gasteiger partial charge in [-0.2, -0.15) is 21.6 Å². The summed E-state index contributed by atoms with van der Waals surface area (Å²) in [6.07, 6.45) is 1.75. The van der Waals surface area contributed by atoms with Gasteiger partial charge in [-0.3, -0.25) is 0 Å². The number of anilines is 3. The van der Waals surface area contributed by atoms with Gasteiger partial charge in [0.15, 0.2) is 0 Å². The average Bonchev–Trinajstić information content (AvgIpc) is 3.83. The lowest BCUT2D eigenvalue weighted by Crippen LogP contribution is -2.28. The number of aromatic nitrogens is 1. The molecular formula is C52H37F3N2O4S. The quantitative estimate of drug-likeness (QED) is 0.0866. The molecule has 10 rings (SSSR count). The second-order valence-corrected chi connectivity index (χ2v) is 16.1. The zero-order chi connectivity index (χ0) is 43.0. The van der Waals surface area contributed by atoms with Crippen molar-refractivity contribution in [3.63, 3.8) is 0 Å². The third-order valence-electron chi connectivity index (χ3n) is 10.6. The van der Waals surface area contributed by atoms with Crippen molar-refractivity contribution in [1.29, 1.82) is 0 Å². The molecule has 0 atom stereocenters. The summed E-state index contributed by atoms with van der Waals surface area (Å²) >= 11 is 0. The van der Waals surface area contributed by atoms with Crippen LogP contribution in [0, 0.1) is 0 Å². The van der Waals surface area contributed by atoms with Gasteiger partial charge >= 0.3 is 15.6 Å². The SMILES string of the molecule is C=CC.O=S(=O)(Oc1ccc(N(c2ccc(-c3ccc4c(c3)c3ccccc3n4-c3ccccc3)cc2)c2ccc(-c3cccc4c3oc3ccccc34)cc2)cc1)C(F)(F)F. The number of benzene rings is 8. The predicted octanol–water partition coefficient (Wildman–Crippen LogP) is 14.9. The molecule has 2 heterocycles. The summed E-state index contributed by atoms with van der Waals surface area (Å²) in [7, 11) is -5.84. The molecule has 306 valence electrons. The normalized spacial score (nSPS) is 11.7. The molecule has 2 aromatic heterocycles. The average molecular weight is 843 g/mol. The number of para-hydroxylation sites is 4. The Bertz CT molecular complexity index is 3340. The maximum Gasteiger partial charge on any atom is 0.534 e. The number of hydrogen-bond acceptors (Lipinski definition) is 5. The van der Waals surface area contributed by atoms with Crippen LogP contribution in [0.25, 0.3) is 71.7 Å². The van der Waals surface area contributed by atoms with Gasteiger partial charge in [0, 0.05) is 49.9 Å². The fourth-order valence-corrected chi connectivity index (χ4v) is 8.31. The van der Waals surface area contributed by atoms with E-state index < -0.39 is 21.4 Å². The number of halogens is 3. The minimum absolute atomic E-state index is 0.459. The molecule has 0 bridgehead atoms. The summed E-state index contributed by atoms with van der Waals surface area (Å²) in [5.41, 5.74) is 5.28. The van der Waals surface area contributed by atoms with Crippen molar-refractivity contribution in [2.75, 3.05) is 4.90 Å². The lowest BCUT2D eigenvalue weighted by molar-refractivity contribution is -0.0500. The maximum absolute atomic E-state index is 13.1. The van der Waals surface area contributed by atoms with E-state index in [1.807, 2.05) is 133 Å². The molecule has 0 unspecified atom stereocenters. The molecule has 0 spiro atoms. The Morgan fingerprint density at radius 2 is 1.11 bits per heavy atom. The van der Waals surface area contributed by atoms with E-state index >= 15 is 0 Å². The van der Waals surface area contributed by atoms with Crippen LogP contribution >= 0.6 is 0 Å². The van der Waals surface area contributed by atoms with E-state index in [2.05, 4.69) is 57.8 Å². The Kier molecular flexibility index (Phi) is 10.4. The molecule has 0 saturated heterocycles. The molecule has 8 aromatic carbocycles. The highest BCUT2D eigenvalue weighted by molar-refractivity contribution is 7.88. The largest absolute Gasteiger partial charge is 0.534 e. The van der Waals surface area contributed by atoms with Crippen molar-refractivity contribution in [3.8, 4) is 33.7 Å². The summed E-state index contributed by atoms with van der Waals surface area (Å²) in [6, 6.07) is 60.5. The lowest BCUT2D eigenvalue weighted by atomic mass is 10.0. The number of fused-ring (bicyclic) bond motifs is 6. The van der Waals surface area contributed by atoms with Gasteiger partial charge in [-0.25, -0.2) is 0 Å². The highest BCUT2D eigenvalue weighted by Crippen LogP contribution is 2.41. The van der Waals surface area contributed by atoms with Crippen molar-refractivity contribution >= 4 is 70.9 Å². The van der Waals surface area contributed by atoms with Gasteiger partial charge in [0.25, 0.3) is 0 Å². The molecule has 0 aliphatic heterocycles. The Morgan fingerprint density at radius 1 is 0.581 bits per heavy atom. The fourth-order valence-electron chi connectivity index (χ4n) is 7.85. The van der Waals surface area contributed by atoms with Crippen LogP contribution in [0.15, 0.2) is 205 Å². The van der Waals surface area contributed by atoms with Gasteiger partial charge < -0.3 is 18.1 Å². The van der Waals surface area contributed by atoms with E-state index in [0.717, 1.165) is 83.1 Å². The molecule has 0 aliphatic rings. The second-order valence-electron chi connectivity index (χ2n) is 14.5. The summed E-state index contributed by atoms with van der Waals surface area (Å²) in [4.78, 5) is 1.94. The minimum Gasteiger partial charge on any atom is -0.455 e. The van der Waals surface area contributed by atoms with Crippen LogP contribution in [0.5, 0.6) is 5.75 Å². The standard InChI is InChI=1S/C49H31F3N2O4S.C3H6/c50-49(51,52)59(55,56)58-39-28-26-38(27-29-39)53(37-24-19-33(20-25-37)40-13-8-14-43-42-12-5-7-16-47(42)57-48(40)43)36-22-17-32(18-23-36)34-21-30-46-44(31-34)41-11-4-6-15-45(41)54(46)35-9-2-1-3-10-35;1-3-2/h1-31H;3H,1H2,2H3. The van der Waals surface area contributed by atoms with E-state index in [-0.39, 0.29) is 0 Å². The Hall–Kier alpha value is -7.56. The van der Waals surface area contributed by atoms with Crippen molar-refractivity contribution in [3.05, 3.63) is 201 Å². The van der Waals surface area contributed by atoms with Crippen LogP contribution in [-0.4, -0.2) is 18.5 Å². The summed E-state index contributed by atoms with van der Waals surface area (Å²) < 4.78 is 75.8. The number of allylic oxidation sites excluding steroid dienone is 1. The van der Waals surface area contributed by atoms with Crippen LogP contribution in [-0.2, 0) is 10.1 Å². The first-order valence-corrected chi connectivity index (χ1v) is 21.1. The second kappa shape index (κ2) is 16.1. The predicted molar refractivity (Wildman–Crippen MR) is 245 cm³/mol. The Morgan fingerprint density at radius 3 is 1.77 bits per heavy atom. The molecule has 0 N–H and O–H groups in total. The van der Waals surface area contributed by atoms with Crippen LogP contribution in [0.2, 0.25) is 0 Å². The van der Waals surface area contributed by atoms with Gasteiger partial charge in [-0.05, 0) is 109 Å². The molecular weight excluding hydrogens is 806 g/mol. The summed E-state index contributed by atoms with van der Waals surface area (Å²) in [5.74, 6) is -0.459. The Labute approximate surface area is 356 Å². The van der Waals surface area contributed by atoms with Crippen LogP contribution < -0.4 is 9.08 Å². The smallest absolute Gasteiger partial charge is 0.455 e. The van der Waals surface area contributed by atoms with E-state index in [9.17, 15) is 21.6 Å². The van der Waals surface area contributed by atoms with E-state index in [0.29, 0.717) is 5.69 Å². The molecule has 0 radical (unpaired) electrons. The van der Waals surface area contributed by atoms with Gasteiger partial charge in [-0.15, -0.1) is 6.58 Å². The van der Waals surface area contributed by atoms with Crippen molar-refractivity contribution < 1.29 is 30.2 Å². The topological polar surface area (TPSA) is 64.7 Å². The number of furan rings is 1. The van der Waals surface area contributed by atoms with Crippen molar-refractivity contribution in [2.45, 2.75) is 12.4 Å². The molecule has 0 fully saturated rings. The van der Waals surface area contributed by atoms with Gasteiger partial charge in [0.1, 0.15) is 16.9 Å². The zero-order valence-electron chi connectivity index (χ0n) is 33.3. The lowest BCUT2D eigenvalue weighted by Gasteiger charge is -2.26. The van der Waals surface area contributed by atoms with E-state index in [1.54, 1.807) is 6.08 Å². The van der Waals surface area contributed by atoms with Crippen LogP contribution in [0.1, 0.15) is 6.92 Å². The van der Waals surface area contributed by atoms with E-state index in [1.165, 1.54) is 24.3 Å². The molecule has 0 amide bonds. The summed E-state index contributed by atoms with van der Waals surface area (Å²) in [5, 5.41) is 4.32. The maximum atomic E-state index is 13.1. The van der Waals surface area contributed by atoms with E-state index in [4.69, 9.17) is 4.42 Å². The Balaban J connectivity index is 0.00000159. The number of hydrogen-bond donors (Lipinski definition) is 0. The highest BCUT2D eigenvalue weighted by atomic mass is 32.2. The van der Waals surface area contributed by atoms with Crippen LogP contribution in [0.3, 0.4) is 0 Å². The monoisotopic (exact) mass is 842 g/mol. The molecule has 62 heavy (non-hydrogen) atoms. The van der Waals surface area contributed by atoms with Crippen LogP contribution in [0.4, 0.5) is 30.2 Å². The van der Waals surface area contributed by atoms with Gasteiger partial charge in [0.05, 0.1) is 11.0 Å². The first-order valence-electron chi connectivity index (χ1n) is 19.7. The molecule has 10 heteroatoms.